The average molecular weight is 330 g/mol. The smallest absolute Gasteiger partial charge is 0.244 e. The maximum absolute atomic E-state index is 12.1. The minimum absolute atomic E-state index is 0.152. The SMILES string of the molecule is COc1ccc(C(C)(C)NC(=O)/C=C/c2ccc(Cl)cc2)cc1. The van der Waals surface area contributed by atoms with Crippen LogP contribution in [0.15, 0.2) is 54.6 Å². The highest BCUT2D eigenvalue weighted by molar-refractivity contribution is 6.30. The standard InChI is InChI=1S/C19H20ClNO2/c1-19(2,15-7-11-17(23-3)12-8-15)21-18(22)13-6-14-4-9-16(20)10-5-14/h4-13H,1-3H3,(H,21,22)/b13-6+. The first kappa shape index (κ1) is 17.1. The quantitative estimate of drug-likeness (QED) is 0.825. The fourth-order valence-electron chi connectivity index (χ4n) is 2.18. The van der Waals surface area contributed by atoms with Crippen molar-refractivity contribution in [1.29, 1.82) is 0 Å². The van der Waals surface area contributed by atoms with Gasteiger partial charge in [-0.25, -0.2) is 0 Å². The highest BCUT2D eigenvalue weighted by Crippen LogP contribution is 2.22. The molecular formula is C19H20ClNO2. The van der Waals surface area contributed by atoms with Crippen molar-refractivity contribution in [3.8, 4) is 5.75 Å². The molecule has 3 nitrogen and oxygen atoms in total. The summed E-state index contributed by atoms with van der Waals surface area (Å²) < 4.78 is 5.15. The summed E-state index contributed by atoms with van der Waals surface area (Å²) in [7, 11) is 1.63. The van der Waals surface area contributed by atoms with Gasteiger partial charge in [-0.15, -0.1) is 0 Å². The van der Waals surface area contributed by atoms with Crippen molar-refractivity contribution in [1.82, 2.24) is 5.32 Å². The Morgan fingerprint density at radius 2 is 1.70 bits per heavy atom. The molecule has 0 saturated carbocycles. The maximum Gasteiger partial charge on any atom is 0.244 e. The molecule has 4 heteroatoms. The van der Waals surface area contributed by atoms with Crippen molar-refractivity contribution in [3.05, 3.63) is 70.8 Å². The molecule has 1 amide bonds. The third-order valence-corrected chi connectivity index (χ3v) is 3.80. The summed E-state index contributed by atoms with van der Waals surface area (Å²) in [4.78, 5) is 12.1. The number of hydrogen-bond acceptors (Lipinski definition) is 2. The van der Waals surface area contributed by atoms with E-state index in [0.717, 1.165) is 16.9 Å². The number of rotatable bonds is 5. The van der Waals surface area contributed by atoms with Crippen molar-refractivity contribution in [2.24, 2.45) is 0 Å². The molecular weight excluding hydrogens is 310 g/mol. The van der Waals surface area contributed by atoms with E-state index < -0.39 is 5.54 Å². The van der Waals surface area contributed by atoms with Crippen LogP contribution in [-0.2, 0) is 10.3 Å². The molecule has 2 aromatic rings. The van der Waals surface area contributed by atoms with Crippen LogP contribution in [0.3, 0.4) is 0 Å². The van der Waals surface area contributed by atoms with Crippen LogP contribution in [0.1, 0.15) is 25.0 Å². The van der Waals surface area contributed by atoms with Crippen LogP contribution in [0.2, 0.25) is 5.02 Å². The molecule has 0 radical (unpaired) electrons. The lowest BCUT2D eigenvalue weighted by molar-refractivity contribution is -0.118. The number of methoxy groups -OCH3 is 1. The Hall–Kier alpha value is -2.26. The molecule has 0 unspecified atom stereocenters. The highest BCUT2D eigenvalue weighted by atomic mass is 35.5. The second-order valence-electron chi connectivity index (χ2n) is 5.73. The predicted molar refractivity (Wildman–Crippen MR) is 94.6 cm³/mol. The molecule has 0 atom stereocenters. The molecule has 1 N–H and O–H groups in total. The van der Waals surface area contributed by atoms with Crippen LogP contribution in [-0.4, -0.2) is 13.0 Å². The number of ether oxygens (including phenoxy) is 1. The van der Waals surface area contributed by atoms with Gasteiger partial charge in [0.1, 0.15) is 5.75 Å². The molecule has 120 valence electrons. The van der Waals surface area contributed by atoms with Gasteiger partial charge in [0.25, 0.3) is 0 Å². The summed E-state index contributed by atoms with van der Waals surface area (Å²) in [6.07, 6.45) is 3.28. The zero-order valence-corrected chi connectivity index (χ0v) is 14.2. The molecule has 23 heavy (non-hydrogen) atoms. The van der Waals surface area contributed by atoms with Gasteiger partial charge >= 0.3 is 0 Å². The van der Waals surface area contributed by atoms with E-state index in [2.05, 4.69) is 5.32 Å². The first-order valence-electron chi connectivity index (χ1n) is 7.31. The lowest BCUT2D eigenvalue weighted by atomic mass is 9.94. The van der Waals surface area contributed by atoms with E-state index >= 15 is 0 Å². The molecule has 0 aliphatic rings. The Kier molecular flexibility index (Phi) is 5.45. The second kappa shape index (κ2) is 7.34. The number of carbonyl (C=O) groups is 1. The van der Waals surface area contributed by atoms with Crippen LogP contribution in [0.25, 0.3) is 6.08 Å². The number of carbonyl (C=O) groups excluding carboxylic acids is 1. The minimum Gasteiger partial charge on any atom is -0.497 e. The first-order valence-corrected chi connectivity index (χ1v) is 7.69. The van der Waals surface area contributed by atoms with Crippen molar-refractivity contribution >= 4 is 23.6 Å². The molecule has 0 aliphatic carbocycles. The van der Waals surface area contributed by atoms with Gasteiger partial charge in [-0.2, -0.15) is 0 Å². The number of halogens is 1. The van der Waals surface area contributed by atoms with Gasteiger partial charge in [-0.05, 0) is 55.3 Å². The van der Waals surface area contributed by atoms with Crippen molar-refractivity contribution in [2.45, 2.75) is 19.4 Å². The van der Waals surface area contributed by atoms with Gasteiger partial charge < -0.3 is 10.1 Å². The van der Waals surface area contributed by atoms with E-state index in [1.165, 1.54) is 6.08 Å². The van der Waals surface area contributed by atoms with Crippen molar-refractivity contribution in [2.75, 3.05) is 7.11 Å². The fraction of sp³-hybridized carbons (Fsp3) is 0.211. The summed E-state index contributed by atoms with van der Waals surface area (Å²) in [5.41, 5.74) is 1.45. The minimum atomic E-state index is -0.478. The van der Waals surface area contributed by atoms with Crippen molar-refractivity contribution < 1.29 is 9.53 Å². The van der Waals surface area contributed by atoms with E-state index in [1.54, 1.807) is 25.3 Å². The summed E-state index contributed by atoms with van der Waals surface area (Å²) in [6, 6.07) is 15.0. The molecule has 0 spiro atoms. The molecule has 0 heterocycles. The molecule has 0 saturated heterocycles. The zero-order chi connectivity index (χ0) is 16.9. The number of hydrogen-bond donors (Lipinski definition) is 1. The predicted octanol–water partition coefficient (Wildman–Crippen LogP) is 4.41. The molecule has 2 rings (SSSR count). The van der Waals surface area contributed by atoms with Crippen LogP contribution >= 0.6 is 11.6 Å². The van der Waals surface area contributed by atoms with E-state index in [9.17, 15) is 4.79 Å². The Balaban J connectivity index is 2.03. The summed E-state index contributed by atoms with van der Waals surface area (Å²) in [6.45, 7) is 3.92. The topological polar surface area (TPSA) is 38.3 Å². The summed E-state index contributed by atoms with van der Waals surface area (Å²) in [5.74, 6) is 0.638. The third kappa shape index (κ3) is 4.86. The Bertz CT molecular complexity index is 688. The maximum atomic E-state index is 12.1. The Labute approximate surface area is 141 Å². The Morgan fingerprint density at radius 1 is 1.09 bits per heavy atom. The Morgan fingerprint density at radius 3 is 2.26 bits per heavy atom. The third-order valence-electron chi connectivity index (χ3n) is 3.54. The fourth-order valence-corrected chi connectivity index (χ4v) is 2.30. The summed E-state index contributed by atoms with van der Waals surface area (Å²) in [5, 5.41) is 3.67. The van der Waals surface area contributed by atoms with E-state index in [1.807, 2.05) is 50.2 Å². The van der Waals surface area contributed by atoms with Gasteiger partial charge in [0.2, 0.25) is 5.91 Å². The normalized spacial score (nSPS) is 11.5. The monoisotopic (exact) mass is 329 g/mol. The number of amides is 1. The van der Waals surface area contributed by atoms with Crippen LogP contribution in [0, 0.1) is 0 Å². The number of benzene rings is 2. The molecule has 0 fully saturated rings. The molecule has 2 aromatic carbocycles. The van der Waals surface area contributed by atoms with E-state index in [0.29, 0.717) is 5.02 Å². The van der Waals surface area contributed by atoms with Gasteiger partial charge in [-0.3, -0.25) is 4.79 Å². The van der Waals surface area contributed by atoms with Gasteiger partial charge in [0.05, 0.1) is 12.6 Å². The van der Waals surface area contributed by atoms with Gasteiger partial charge in [0.15, 0.2) is 0 Å². The highest BCUT2D eigenvalue weighted by Gasteiger charge is 2.21. The van der Waals surface area contributed by atoms with Crippen LogP contribution < -0.4 is 10.1 Å². The van der Waals surface area contributed by atoms with Gasteiger partial charge in [0, 0.05) is 11.1 Å². The average Bonchev–Trinajstić information content (AvgIpc) is 2.54. The second-order valence-corrected chi connectivity index (χ2v) is 6.16. The molecule has 0 bridgehead atoms. The van der Waals surface area contributed by atoms with Crippen LogP contribution in [0.4, 0.5) is 0 Å². The van der Waals surface area contributed by atoms with Gasteiger partial charge in [-0.1, -0.05) is 35.9 Å². The molecule has 0 aliphatic heterocycles. The largest absolute Gasteiger partial charge is 0.497 e. The zero-order valence-electron chi connectivity index (χ0n) is 13.5. The van der Waals surface area contributed by atoms with E-state index in [4.69, 9.17) is 16.3 Å². The van der Waals surface area contributed by atoms with Crippen molar-refractivity contribution in [3.63, 3.8) is 0 Å². The lowest BCUT2D eigenvalue weighted by Gasteiger charge is -2.26. The number of nitrogens with one attached hydrogen (secondary N) is 1. The molecule has 0 aromatic heterocycles. The first-order chi connectivity index (χ1) is 10.9. The van der Waals surface area contributed by atoms with E-state index in [-0.39, 0.29) is 5.91 Å². The summed E-state index contributed by atoms with van der Waals surface area (Å²) >= 11 is 5.84. The van der Waals surface area contributed by atoms with Crippen LogP contribution in [0.5, 0.6) is 5.75 Å². The lowest BCUT2D eigenvalue weighted by Crippen LogP contribution is -2.40.